The van der Waals surface area contributed by atoms with Crippen molar-refractivity contribution < 1.29 is 23.1 Å². The van der Waals surface area contributed by atoms with Gasteiger partial charge < -0.3 is 4.74 Å². The summed E-state index contributed by atoms with van der Waals surface area (Å²) < 4.78 is 32.1. The van der Waals surface area contributed by atoms with Crippen molar-refractivity contribution in [2.24, 2.45) is 0 Å². The summed E-state index contributed by atoms with van der Waals surface area (Å²) in [6.45, 7) is 1.54. The predicted octanol–water partition coefficient (Wildman–Crippen LogP) is 3.84. The van der Waals surface area contributed by atoms with Gasteiger partial charge >= 0.3 is 5.97 Å². The van der Waals surface area contributed by atoms with Gasteiger partial charge in [-0.3, -0.25) is 9.69 Å². The molecule has 0 aliphatic carbocycles. The summed E-state index contributed by atoms with van der Waals surface area (Å²) >= 11 is 0. The summed E-state index contributed by atoms with van der Waals surface area (Å²) in [5.41, 5.74) is 0.938. The van der Waals surface area contributed by atoms with Crippen molar-refractivity contribution in [2.45, 2.75) is 6.92 Å². The van der Waals surface area contributed by atoms with E-state index in [2.05, 4.69) is 0 Å². The number of rotatable bonds is 3. The summed E-state index contributed by atoms with van der Waals surface area (Å²) in [7, 11) is 1.20. The molecule has 0 saturated carbocycles. The average Bonchev–Trinajstić information content (AvgIpc) is 2.87. The second kappa shape index (κ2) is 6.92. The number of benzene rings is 2. The summed E-state index contributed by atoms with van der Waals surface area (Å²) in [5.74, 6) is -2.27. The minimum Gasteiger partial charge on any atom is -0.465 e. The molecule has 1 aliphatic rings. The summed E-state index contributed by atoms with van der Waals surface area (Å²) in [5, 5.41) is 0. The SMILES string of the molecule is COC(=O)C1=C(C)N(c2ccccc2F)C(=O)C1=Cc1ccc(F)cc1. The number of para-hydroxylation sites is 1. The fourth-order valence-corrected chi connectivity index (χ4v) is 2.83. The third kappa shape index (κ3) is 3.01. The van der Waals surface area contributed by atoms with Crippen LogP contribution in [0.25, 0.3) is 6.08 Å². The number of methoxy groups -OCH3 is 1. The molecule has 0 atom stereocenters. The molecule has 132 valence electrons. The monoisotopic (exact) mass is 355 g/mol. The van der Waals surface area contributed by atoms with Crippen LogP contribution in [0.2, 0.25) is 0 Å². The lowest BCUT2D eigenvalue weighted by Crippen LogP contribution is -2.25. The minimum atomic E-state index is -0.706. The standard InChI is InChI=1S/C20H15F2NO3/c1-12-18(20(25)26-2)15(11-13-7-9-14(21)10-8-13)19(24)23(12)17-6-4-3-5-16(17)22/h3-11H,1-2H3. The maximum Gasteiger partial charge on any atom is 0.340 e. The smallest absolute Gasteiger partial charge is 0.340 e. The predicted molar refractivity (Wildman–Crippen MR) is 93.0 cm³/mol. The van der Waals surface area contributed by atoms with E-state index in [-0.39, 0.29) is 22.5 Å². The lowest BCUT2D eigenvalue weighted by Gasteiger charge is -2.18. The molecule has 1 aliphatic heterocycles. The van der Waals surface area contributed by atoms with Crippen molar-refractivity contribution in [3.63, 3.8) is 0 Å². The van der Waals surface area contributed by atoms with Crippen molar-refractivity contribution in [1.82, 2.24) is 0 Å². The van der Waals surface area contributed by atoms with Gasteiger partial charge in [0.2, 0.25) is 0 Å². The zero-order chi connectivity index (χ0) is 18.8. The second-order valence-electron chi connectivity index (χ2n) is 5.65. The molecule has 0 N–H and O–H groups in total. The van der Waals surface area contributed by atoms with Crippen LogP contribution in [0.4, 0.5) is 14.5 Å². The molecule has 0 bridgehead atoms. The fraction of sp³-hybridized carbons (Fsp3) is 0.100. The van der Waals surface area contributed by atoms with Crippen LogP contribution in [0, 0.1) is 11.6 Å². The normalized spacial score (nSPS) is 15.8. The number of ether oxygens (including phenoxy) is 1. The number of allylic oxidation sites excluding steroid dienone is 1. The van der Waals surface area contributed by atoms with Gasteiger partial charge in [-0.05, 0) is 42.8 Å². The maximum atomic E-state index is 14.2. The van der Waals surface area contributed by atoms with Crippen LogP contribution in [0.15, 0.2) is 65.4 Å². The summed E-state index contributed by atoms with van der Waals surface area (Å²) in [6.07, 6.45) is 1.46. The van der Waals surface area contributed by atoms with E-state index < -0.39 is 23.5 Å². The zero-order valence-corrected chi connectivity index (χ0v) is 14.1. The average molecular weight is 355 g/mol. The third-order valence-electron chi connectivity index (χ3n) is 4.06. The molecule has 2 aromatic rings. The molecule has 6 heteroatoms. The molecule has 2 aromatic carbocycles. The van der Waals surface area contributed by atoms with Crippen LogP contribution >= 0.6 is 0 Å². The first-order valence-corrected chi connectivity index (χ1v) is 7.80. The fourth-order valence-electron chi connectivity index (χ4n) is 2.83. The van der Waals surface area contributed by atoms with Gasteiger partial charge in [0.1, 0.15) is 11.6 Å². The van der Waals surface area contributed by atoms with Crippen molar-refractivity contribution in [1.29, 1.82) is 0 Å². The zero-order valence-electron chi connectivity index (χ0n) is 14.1. The molecule has 1 heterocycles. The third-order valence-corrected chi connectivity index (χ3v) is 4.06. The molecular formula is C20H15F2NO3. The number of hydrogen-bond acceptors (Lipinski definition) is 3. The minimum absolute atomic E-state index is 0.0407. The van der Waals surface area contributed by atoms with Crippen molar-refractivity contribution in [3.8, 4) is 0 Å². The number of anilines is 1. The van der Waals surface area contributed by atoms with Crippen molar-refractivity contribution >= 4 is 23.6 Å². The van der Waals surface area contributed by atoms with Gasteiger partial charge in [0.05, 0.1) is 23.9 Å². The van der Waals surface area contributed by atoms with E-state index in [1.165, 1.54) is 55.7 Å². The molecule has 0 spiro atoms. The van der Waals surface area contributed by atoms with Crippen molar-refractivity contribution in [3.05, 3.63) is 82.6 Å². The van der Waals surface area contributed by atoms with Gasteiger partial charge in [-0.15, -0.1) is 0 Å². The first-order chi connectivity index (χ1) is 12.4. The Morgan fingerprint density at radius 2 is 1.73 bits per heavy atom. The molecule has 0 unspecified atom stereocenters. The molecule has 0 fully saturated rings. The van der Waals surface area contributed by atoms with Gasteiger partial charge in [0, 0.05) is 5.70 Å². The molecule has 4 nitrogen and oxygen atoms in total. The van der Waals surface area contributed by atoms with E-state index in [1.807, 2.05) is 0 Å². The number of nitrogens with zero attached hydrogens (tertiary/aromatic N) is 1. The largest absolute Gasteiger partial charge is 0.465 e. The lowest BCUT2D eigenvalue weighted by atomic mass is 10.0. The molecule has 1 amide bonds. The van der Waals surface area contributed by atoms with Crippen LogP contribution < -0.4 is 4.90 Å². The Bertz CT molecular complexity index is 946. The van der Waals surface area contributed by atoms with Gasteiger partial charge in [0.15, 0.2) is 0 Å². The molecule has 0 saturated heterocycles. The topological polar surface area (TPSA) is 46.6 Å². The Hall–Kier alpha value is -3.28. The highest BCUT2D eigenvalue weighted by Crippen LogP contribution is 2.36. The molecule has 0 radical (unpaired) electrons. The van der Waals surface area contributed by atoms with Gasteiger partial charge in [-0.2, -0.15) is 0 Å². The summed E-state index contributed by atoms with van der Waals surface area (Å²) in [4.78, 5) is 26.3. The van der Waals surface area contributed by atoms with Gasteiger partial charge in [-0.1, -0.05) is 24.3 Å². The number of carbonyl (C=O) groups is 2. The Morgan fingerprint density at radius 1 is 1.08 bits per heavy atom. The van der Waals surface area contributed by atoms with Crippen LogP contribution in [0.5, 0.6) is 0 Å². The highest BCUT2D eigenvalue weighted by Gasteiger charge is 2.38. The van der Waals surface area contributed by atoms with Crippen molar-refractivity contribution in [2.75, 3.05) is 12.0 Å². The molecule has 3 rings (SSSR count). The molecular weight excluding hydrogens is 340 g/mol. The quantitative estimate of drug-likeness (QED) is 0.621. The van der Waals surface area contributed by atoms with E-state index in [1.54, 1.807) is 13.0 Å². The summed E-state index contributed by atoms with van der Waals surface area (Å²) in [6, 6.07) is 11.2. The van der Waals surface area contributed by atoms with Crippen LogP contribution in [-0.2, 0) is 14.3 Å². The number of halogens is 2. The van der Waals surface area contributed by atoms with E-state index >= 15 is 0 Å². The Morgan fingerprint density at radius 3 is 2.35 bits per heavy atom. The molecule has 26 heavy (non-hydrogen) atoms. The Kier molecular flexibility index (Phi) is 4.67. The molecule has 0 aromatic heterocycles. The Balaban J connectivity index is 2.16. The number of hydrogen-bond donors (Lipinski definition) is 0. The number of carbonyl (C=O) groups excluding carboxylic acids is 2. The van der Waals surface area contributed by atoms with Crippen LogP contribution in [0.3, 0.4) is 0 Å². The number of esters is 1. The maximum absolute atomic E-state index is 14.2. The first kappa shape index (κ1) is 17.5. The lowest BCUT2D eigenvalue weighted by molar-refractivity contribution is -0.136. The van der Waals surface area contributed by atoms with Crippen LogP contribution in [-0.4, -0.2) is 19.0 Å². The van der Waals surface area contributed by atoms with E-state index in [0.717, 1.165) is 4.90 Å². The van der Waals surface area contributed by atoms with Gasteiger partial charge in [0.25, 0.3) is 5.91 Å². The Labute approximate surface area is 149 Å². The highest BCUT2D eigenvalue weighted by molar-refractivity contribution is 6.23. The number of amides is 1. The van der Waals surface area contributed by atoms with E-state index in [4.69, 9.17) is 4.74 Å². The van der Waals surface area contributed by atoms with E-state index in [0.29, 0.717) is 5.56 Å². The second-order valence-corrected chi connectivity index (χ2v) is 5.65. The van der Waals surface area contributed by atoms with Gasteiger partial charge in [-0.25, -0.2) is 13.6 Å². The first-order valence-electron chi connectivity index (χ1n) is 7.80. The van der Waals surface area contributed by atoms with Crippen LogP contribution in [0.1, 0.15) is 12.5 Å². The highest BCUT2D eigenvalue weighted by atomic mass is 19.1. The van der Waals surface area contributed by atoms with E-state index in [9.17, 15) is 18.4 Å².